The van der Waals surface area contributed by atoms with Crippen LogP contribution in [0.1, 0.15) is 25.8 Å². The Labute approximate surface area is 157 Å². The predicted octanol–water partition coefficient (Wildman–Crippen LogP) is 2.56. The van der Waals surface area contributed by atoms with E-state index >= 15 is 0 Å². The van der Waals surface area contributed by atoms with E-state index in [0.29, 0.717) is 5.91 Å². The summed E-state index contributed by atoms with van der Waals surface area (Å²) in [5.41, 5.74) is 1.37. The van der Waals surface area contributed by atoms with E-state index in [-0.39, 0.29) is 36.3 Å². The number of carbonyl (C=O) groups excluding carboxylic acids is 1. The van der Waals surface area contributed by atoms with E-state index in [1.807, 2.05) is 0 Å². The summed E-state index contributed by atoms with van der Waals surface area (Å²) in [6.07, 6.45) is 0.990. The van der Waals surface area contributed by atoms with E-state index in [1.54, 1.807) is 0 Å². The first kappa shape index (κ1) is 21.2. The number of benzene rings is 1. The molecule has 6 heteroatoms. The van der Waals surface area contributed by atoms with Gasteiger partial charge in [0.25, 0.3) is 0 Å². The lowest BCUT2D eigenvalue weighted by Crippen LogP contribution is -2.60. The van der Waals surface area contributed by atoms with Crippen molar-refractivity contribution < 1.29 is 4.79 Å². The Hall–Kier alpha value is -0.810. The molecule has 0 saturated carbocycles. The molecule has 2 saturated heterocycles. The van der Waals surface area contributed by atoms with E-state index in [2.05, 4.69) is 59.3 Å². The maximum atomic E-state index is 12.6. The Kier molecular flexibility index (Phi) is 8.00. The summed E-state index contributed by atoms with van der Waals surface area (Å²) in [6.45, 7) is 9.93. The van der Waals surface area contributed by atoms with Crippen LogP contribution in [0.25, 0.3) is 0 Å². The lowest BCUT2D eigenvalue weighted by atomic mass is 9.96. The third kappa shape index (κ3) is 4.85. The molecule has 4 nitrogen and oxygen atoms in total. The van der Waals surface area contributed by atoms with E-state index in [9.17, 15) is 4.79 Å². The van der Waals surface area contributed by atoms with Gasteiger partial charge in [0.2, 0.25) is 5.91 Å². The molecule has 1 unspecified atom stereocenters. The molecule has 136 valence electrons. The zero-order valence-electron chi connectivity index (χ0n) is 14.5. The Morgan fingerprint density at radius 2 is 1.92 bits per heavy atom. The second-order valence-electron chi connectivity index (χ2n) is 7.17. The fraction of sp³-hybridized carbons (Fsp3) is 0.611. The van der Waals surface area contributed by atoms with Crippen LogP contribution < -0.4 is 5.32 Å². The summed E-state index contributed by atoms with van der Waals surface area (Å²) < 4.78 is 0. The largest absolute Gasteiger partial charge is 0.339 e. The standard InChI is InChI=1S/C18H27N3O.2ClH/c1-18(2)14-20(17(22)16-8-9-19-12-16)10-11-21(18)13-15-6-4-3-5-7-15;;/h3-7,16,19H,8-14H2,1-2H3;2*1H. The average molecular weight is 374 g/mol. The molecule has 0 spiro atoms. The molecule has 2 aliphatic rings. The summed E-state index contributed by atoms with van der Waals surface area (Å²) in [6, 6.07) is 10.6. The fourth-order valence-electron chi connectivity index (χ4n) is 3.60. The van der Waals surface area contributed by atoms with Gasteiger partial charge < -0.3 is 10.2 Å². The minimum absolute atomic E-state index is 0. The van der Waals surface area contributed by atoms with Crippen LogP contribution in [0.4, 0.5) is 0 Å². The van der Waals surface area contributed by atoms with Gasteiger partial charge in [0.15, 0.2) is 0 Å². The third-order valence-electron chi connectivity index (χ3n) is 5.01. The van der Waals surface area contributed by atoms with Gasteiger partial charge in [-0.05, 0) is 32.4 Å². The van der Waals surface area contributed by atoms with Gasteiger partial charge in [-0.15, -0.1) is 24.8 Å². The molecular weight excluding hydrogens is 345 g/mol. The van der Waals surface area contributed by atoms with Gasteiger partial charge in [-0.2, -0.15) is 0 Å². The zero-order chi connectivity index (χ0) is 15.6. The quantitative estimate of drug-likeness (QED) is 0.884. The number of halogens is 2. The monoisotopic (exact) mass is 373 g/mol. The van der Waals surface area contributed by atoms with E-state index in [4.69, 9.17) is 0 Å². The highest BCUT2D eigenvalue weighted by atomic mass is 35.5. The van der Waals surface area contributed by atoms with Crippen molar-refractivity contribution in [3.8, 4) is 0 Å². The van der Waals surface area contributed by atoms with Gasteiger partial charge in [-0.25, -0.2) is 0 Å². The number of carbonyl (C=O) groups is 1. The summed E-state index contributed by atoms with van der Waals surface area (Å²) in [4.78, 5) is 17.2. The molecule has 1 aromatic carbocycles. The SMILES string of the molecule is CC1(C)CN(C(=O)C2CCNC2)CCN1Cc1ccccc1.Cl.Cl. The zero-order valence-corrected chi connectivity index (χ0v) is 16.2. The number of nitrogens with one attached hydrogen (secondary N) is 1. The lowest BCUT2D eigenvalue weighted by molar-refractivity contribution is -0.140. The van der Waals surface area contributed by atoms with Crippen LogP contribution >= 0.6 is 24.8 Å². The first-order chi connectivity index (χ1) is 10.6. The normalized spacial score (nSPS) is 23.2. The number of hydrogen-bond donors (Lipinski definition) is 1. The van der Waals surface area contributed by atoms with Gasteiger partial charge in [-0.1, -0.05) is 30.3 Å². The first-order valence-electron chi connectivity index (χ1n) is 8.35. The van der Waals surface area contributed by atoms with Crippen LogP contribution in [-0.4, -0.2) is 54.0 Å². The van der Waals surface area contributed by atoms with Crippen LogP contribution in [-0.2, 0) is 11.3 Å². The highest BCUT2D eigenvalue weighted by Gasteiger charge is 2.37. The van der Waals surface area contributed by atoms with Gasteiger partial charge in [0, 0.05) is 38.3 Å². The summed E-state index contributed by atoms with van der Waals surface area (Å²) in [5.74, 6) is 0.536. The van der Waals surface area contributed by atoms with Crippen LogP contribution in [0.2, 0.25) is 0 Å². The van der Waals surface area contributed by atoms with Crippen molar-refractivity contribution in [1.82, 2.24) is 15.1 Å². The van der Waals surface area contributed by atoms with Crippen molar-refractivity contribution in [3.63, 3.8) is 0 Å². The second kappa shape index (κ2) is 9.04. The molecule has 2 aliphatic heterocycles. The predicted molar refractivity (Wildman–Crippen MR) is 103 cm³/mol. The summed E-state index contributed by atoms with van der Waals surface area (Å²) in [5, 5.41) is 3.30. The molecule has 1 amide bonds. The van der Waals surface area contributed by atoms with Crippen LogP contribution in [0.3, 0.4) is 0 Å². The highest BCUT2D eigenvalue weighted by molar-refractivity contribution is 5.85. The van der Waals surface area contributed by atoms with E-state index < -0.39 is 0 Å². The summed E-state index contributed by atoms with van der Waals surface area (Å²) >= 11 is 0. The molecule has 0 aliphatic carbocycles. The van der Waals surface area contributed by atoms with Gasteiger partial charge in [-0.3, -0.25) is 9.69 Å². The number of rotatable bonds is 3. The summed E-state index contributed by atoms with van der Waals surface area (Å²) in [7, 11) is 0. The van der Waals surface area contributed by atoms with Crippen molar-refractivity contribution in [2.75, 3.05) is 32.7 Å². The molecule has 1 aromatic rings. The first-order valence-corrected chi connectivity index (χ1v) is 8.35. The fourth-order valence-corrected chi connectivity index (χ4v) is 3.60. The maximum absolute atomic E-state index is 12.6. The van der Waals surface area contributed by atoms with Crippen molar-refractivity contribution >= 4 is 30.7 Å². The molecule has 2 fully saturated rings. The molecule has 2 heterocycles. The Bertz CT molecular complexity index is 518. The lowest BCUT2D eigenvalue weighted by Gasteiger charge is -2.47. The van der Waals surface area contributed by atoms with E-state index in [1.165, 1.54) is 5.56 Å². The minimum atomic E-state index is 0. The Morgan fingerprint density at radius 1 is 1.21 bits per heavy atom. The molecule has 0 bridgehead atoms. The number of hydrogen-bond acceptors (Lipinski definition) is 3. The smallest absolute Gasteiger partial charge is 0.227 e. The Morgan fingerprint density at radius 3 is 2.50 bits per heavy atom. The van der Waals surface area contributed by atoms with Crippen molar-refractivity contribution in [2.45, 2.75) is 32.4 Å². The van der Waals surface area contributed by atoms with Gasteiger partial charge >= 0.3 is 0 Å². The molecule has 0 aromatic heterocycles. The minimum Gasteiger partial charge on any atom is -0.339 e. The maximum Gasteiger partial charge on any atom is 0.227 e. The van der Waals surface area contributed by atoms with Gasteiger partial charge in [0.1, 0.15) is 0 Å². The molecule has 0 radical (unpaired) electrons. The molecule has 24 heavy (non-hydrogen) atoms. The average Bonchev–Trinajstić information content (AvgIpc) is 3.03. The number of amides is 1. The second-order valence-corrected chi connectivity index (χ2v) is 7.17. The molecule has 1 atom stereocenters. The Balaban J connectivity index is 0.00000144. The number of nitrogens with zero attached hydrogens (tertiary/aromatic N) is 2. The van der Waals surface area contributed by atoms with Crippen molar-refractivity contribution in [1.29, 1.82) is 0 Å². The third-order valence-corrected chi connectivity index (χ3v) is 5.01. The number of piperazine rings is 1. The molecule has 3 rings (SSSR count). The van der Waals surface area contributed by atoms with Crippen LogP contribution in [0.15, 0.2) is 30.3 Å². The van der Waals surface area contributed by atoms with Crippen molar-refractivity contribution in [2.24, 2.45) is 5.92 Å². The topological polar surface area (TPSA) is 35.6 Å². The van der Waals surface area contributed by atoms with Gasteiger partial charge in [0.05, 0.1) is 5.92 Å². The molecule has 1 N–H and O–H groups in total. The van der Waals surface area contributed by atoms with Crippen molar-refractivity contribution in [3.05, 3.63) is 35.9 Å². The molecular formula is C18H29Cl2N3O. The van der Waals surface area contributed by atoms with Crippen LogP contribution in [0, 0.1) is 5.92 Å². The van der Waals surface area contributed by atoms with Crippen LogP contribution in [0.5, 0.6) is 0 Å². The highest BCUT2D eigenvalue weighted by Crippen LogP contribution is 2.25. The van der Waals surface area contributed by atoms with E-state index in [0.717, 1.165) is 45.7 Å².